The fourth-order valence-corrected chi connectivity index (χ4v) is 2.15. The van der Waals surface area contributed by atoms with E-state index in [2.05, 4.69) is 4.98 Å². The highest BCUT2D eigenvalue weighted by molar-refractivity contribution is 5.82. The van der Waals surface area contributed by atoms with Crippen LogP contribution in [0.25, 0.3) is 10.9 Å². The molecule has 0 spiro atoms. The SMILES string of the molecule is Cc1ccoc1C(O)c1cccc2cccnc12. The molecule has 2 heterocycles. The zero-order chi connectivity index (χ0) is 12.5. The molecule has 0 aliphatic rings. The Balaban J connectivity index is 2.18. The third kappa shape index (κ3) is 1.69. The van der Waals surface area contributed by atoms with Gasteiger partial charge in [-0.15, -0.1) is 0 Å². The molecule has 1 atom stereocenters. The van der Waals surface area contributed by atoms with Gasteiger partial charge in [0.1, 0.15) is 11.9 Å². The number of hydrogen-bond acceptors (Lipinski definition) is 3. The van der Waals surface area contributed by atoms with Crippen LogP contribution in [-0.4, -0.2) is 10.1 Å². The number of para-hydroxylation sites is 1. The van der Waals surface area contributed by atoms with Gasteiger partial charge < -0.3 is 9.52 Å². The Bertz CT molecular complexity index is 682. The summed E-state index contributed by atoms with van der Waals surface area (Å²) >= 11 is 0. The fourth-order valence-electron chi connectivity index (χ4n) is 2.15. The van der Waals surface area contributed by atoms with Gasteiger partial charge >= 0.3 is 0 Å². The molecule has 1 N–H and O–H groups in total. The van der Waals surface area contributed by atoms with Gasteiger partial charge in [0.15, 0.2) is 0 Å². The largest absolute Gasteiger partial charge is 0.466 e. The molecule has 3 nitrogen and oxygen atoms in total. The van der Waals surface area contributed by atoms with Gasteiger partial charge in [-0.3, -0.25) is 4.98 Å². The molecule has 18 heavy (non-hydrogen) atoms. The van der Waals surface area contributed by atoms with Crippen molar-refractivity contribution in [3.63, 3.8) is 0 Å². The lowest BCUT2D eigenvalue weighted by atomic mass is 10.0. The summed E-state index contributed by atoms with van der Waals surface area (Å²) < 4.78 is 5.35. The molecular formula is C15H13NO2. The van der Waals surface area contributed by atoms with Crippen molar-refractivity contribution >= 4 is 10.9 Å². The Labute approximate surface area is 105 Å². The van der Waals surface area contributed by atoms with Gasteiger partial charge in [0.05, 0.1) is 11.8 Å². The molecule has 0 fully saturated rings. The number of pyridine rings is 1. The summed E-state index contributed by atoms with van der Waals surface area (Å²) in [6.45, 7) is 1.92. The van der Waals surface area contributed by atoms with Crippen LogP contribution in [-0.2, 0) is 0 Å². The summed E-state index contributed by atoms with van der Waals surface area (Å²) in [6, 6.07) is 11.5. The number of furan rings is 1. The minimum Gasteiger partial charge on any atom is -0.466 e. The second kappa shape index (κ2) is 4.27. The van der Waals surface area contributed by atoms with Gasteiger partial charge in [-0.05, 0) is 24.6 Å². The van der Waals surface area contributed by atoms with Crippen LogP contribution in [0.3, 0.4) is 0 Å². The first kappa shape index (κ1) is 11.0. The van der Waals surface area contributed by atoms with E-state index in [1.165, 1.54) is 0 Å². The summed E-state index contributed by atoms with van der Waals surface area (Å²) in [5.41, 5.74) is 2.52. The van der Waals surface area contributed by atoms with Gasteiger partial charge in [0, 0.05) is 17.1 Å². The lowest BCUT2D eigenvalue weighted by Gasteiger charge is -2.11. The van der Waals surface area contributed by atoms with E-state index in [1.54, 1.807) is 12.5 Å². The molecule has 0 aliphatic carbocycles. The van der Waals surface area contributed by atoms with Crippen LogP contribution in [0, 0.1) is 6.92 Å². The zero-order valence-corrected chi connectivity index (χ0v) is 10.00. The first-order valence-electron chi connectivity index (χ1n) is 5.83. The Morgan fingerprint density at radius 3 is 2.78 bits per heavy atom. The number of aliphatic hydroxyl groups is 1. The van der Waals surface area contributed by atoms with Crippen LogP contribution in [0.2, 0.25) is 0 Å². The molecule has 3 aromatic rings. The highest BCUT2D eigenvalue weighted by Crippen LogP contribution is 2.29. The maximum Gasteiger partial charge on any atom is 0.139 e. The van der Waals surface area contributed by atoms with Crippen LogP contribution < -0.4 is 0 Å². The highest BCUT2D eigenvalue weighted by atomic mass is 16.4. The third-order valence-corrected chi connectivity index (χ3v) is 3.11. The molecular weight excluding hydrogens is 226 g/mol. The number of aliphatic hydroxyl groups excluding tert-OH is 1. The van der Waals surface area contributed by atoms with Crippen LogP contribution in [0.1, 0.15) is 23.0 Å². The second-order valence-electron chi connectivity index (χ2n) is 4.29. The number of nitrogens with zero attached hydrogens (tertiary/aromatic N) is 1. The smallest absolute Gasteiger partial charge is 0.139 e. The molecule has 0 bridgehead atoms. The van der Waals surface area contributed by atoms with E-state index in [0.29, 0.717) is 5.76 Å². The predicted octanol–water partition coefficient (Wildman–Crippen LogP) is 3.22. The molecule has 0 saturated carbocycles. The topological polar surface area (TPSA) is 46.3 Å². The van der Waals surface area contributed by atoms with Crippen LogP contribution in [0.4, 0.5) is 0 Å². The van der Waals surface area contributed by atoms with E-state index in [-0.39, 0.29) is 0 Å². The normalized spacial score (nSPS) is 12.8. The number of fused-ring (bicyclic) bond motifs is 1. The van der Waals surface area contributed by atoms with Crippen molar-refractivity contribution in [1.29, 1.82) is 0 Å². The second-order valence-corrected chi connectivity index (χ2v) is 4.29. The average molecular weight is 239 g/mol. The Morgan fingerprint density at radius 2 is 2.00 bits per heavy atom. The summed E-state index contributed by atoms with van der Waals surface area (Å²) in [4.78, 5) is 4.34. The van der Waals surface area contributed by atoms with Crippen LogP contribution >= 0.6 is 0 Å². The third-order valence-electron chi connectivity index (χ3n) is 3.11. The van der Waals surface area contributed by atoms with E-state index < -0.39 is 6.10 Å². The van der Waals surface area contributed by atoms with Crippen molar-refractivity contribution in [3.05, 3.63) is 65.7 Å². The minimum absolute atomic E-state index is 0.577. The van der Waals surface area contributed by atoms with Crippen molar-refractivity contribution < 1.29 is 9.52 Å². The van der Waals surface area contributed by atoms with Crippen molar-refractivity contribution in [1.82, 2.24) is 4.98 Å². The summed E-state index contributed by atoms with van der Waals surface area (Å²) in [5.74, 6) is 0.577. The standard InChI is InChI=1S/C15H13NO2/c1-10-7-9-18-15(10)14(17)12-6-2-4-11-5-3-8-16-13(11)12/h2-9,14,17H,1H3. The highest BCUT2D eigenvalue weighted by Gasteiger charge is 2.18. The average Bonchev–Trinajstić information content (AvgIpc) is 2.83. The molecule has 90 valence electrons. The van der Waals surface area contributed by atoms with Crippen LogP contribution in [0.15, 0.2) is 53.3 Å². The van der Waals surface area contributed by atoms with Gasteiger partial charge in [0.25, 0.3) is 0 Å². The van der Waals surface area contributed by atoms with Gasteiger partial charge in [-0.25, -0.2) is 0 Å². The molecule has 3 heteroatoms. The Morgan fingerprint density at radius 1 is 1.17 bits per heavy atom. The van der Waals surface area contributed by atoms with Crippen molar-refractivity contribution in [2.75, 3.05) is 0 Å². The maximum atomic E-state index is 10.4. The molecule has 2 aromatic heterocycles. The molecule has 1 unspecified atom stereocenters. The molecule has 0 aliphatic heterocycles. The van der Waals surface area contributed by atoms with E-state index in [0.717, 1.165) is 22.0 Å². The molecule has 0 radical (unpaired) electrons. The zero-order valence-electron chi connectivity index (χ0n) is 10.00. The summed E-state index contributed by atoms with van der Waals surface area (Å²) in [5, 5.41) is 11.4. The lowest BCUT2D eigenvalue weighted by molar-refractivity contribution is 0.189. The Kier molecular flexibility index (Phi) is 2.61. The fraction of sp³-hybridized carbons (Fsp3) is 0.133. The van der Waals surface area contributed by atoms with Crippen LogP contribution in [0.5, 0.6) is 0 Å². The first-order chi connectivity index (χ1) is 8.77. The monoisotopic (exact) mass is 239 g/mol. The molecule has 1 aromatic carbocycles. The molecule has 0 saturated heterocycles. The van der Waals surface area contributed by atoms with E-state index in [1.807, 2.05) is 43.3 Å². The van der Waals surface area contributed by atoms with Crippen molar-refractivity contribution in [3.8, 4) is 0 Å². The van der Waals surface area contributed by atoms with Gasteiger partial charge in [0.2, 0.25) is 0 Å². The quantitative estimate of drug-likeness (QED) is 0.746. The number of hydrogen-bond donors (Lipinski definition) is 1. The van der Waals surface area contributed by atoms with Gasteiger partial charge in [-0.1, -0.05) is 24.3 Å². The number of benzene rings is 1. The summed E-state index contributed by atoms with van der Waals surface area (Å²) in [7, 11) is 0. The number of aryl methyl sites for hydroxylation is 1. The van der Waals surface area contributed by atoms with Crippen molar-refractivity contribution in [2.45, 2.75) is 13.0 Å². The van der Waals surface area contributed by atoms with E-state index >= 15 is 0 Å². The maximum absolute atomic E-state index is 10.4. The summed E-state index contributed by atoms with van der Waals surface area (Å²) in [6.07, 6.45) is 2.54. The number of rotatable bonds is 2. The van der Waals surface area contributed by atoms with E-state index in [4.69, 9.17) is 4.42 Å². The molecule has 0 amide bonds. The van der Waals surface area contributed by atoms with Crippen molar-refractivity contribution in [2.24, 2.45) is 0 Å². The van der Waals surface area contributed by atoms with Gasteiger partial charge in [-0.2, -0.15) is 0 Å². The molecule has 3 rings (SSSR count). The lowest BCUT2D eigenvalue weighted by Crippen LogP contribution is -2.01. The Hall–Kier alpha value is -2.13. The van der Waals surface area contributed by atoms with E-state index in [9.17, 15) is 5.11 Å². The predicted molar refractivity (Wildman–Crippen MR) is 69.2 cm³/mol. The number of aromatic nitrogens is 1. The first-order valence-corrected chi connectivity index (χ1v) is 5.83. The minimum atomic E-state index is -0.779.